The molecule has 126 valence electrons. The number of hydrogen-bond donors (Lipinski definition) is 4. The molecule has 2 aliphatic heterocycles. The van der Waals surface area contributed by atoms with Gasteiger partial charge in [0.15, 0.2) is 0 Å². The first-order valence-electron chi connectivity index (χ1n) is 7.49. The van der Waals surface area contributed by atoms with Gasteiger partial charge in [-0.1, -0.05) is 12.1 Å². The Morgan fingerprint density at radius 3 is 2.75 bits per heavy atom. The molecular weight excluding hydrogens is 316 g/mol. The second kappa shape index (κ2) is 6.19. The Hall–Kier alpha value is -3.10. The number of hydrogen-bond acceptors (Lipinski definition) is 4. The van der Waals surface area contributed by atoms with Crippen LogP contribution in [0.4, 0.5) is 21.0 Å². The maximum atomic E-state index is 12.1. The van der Waals surface area contributed by atoms with Crippen LogP contribution in [0, 0.1) is 0 Å². The standard InChI is InChI=1S/C15H16N4O5/c20-11-5-4-10(13(21)18-11)17-14(22)16-9-3-1-2-8-6-7-19(12(8)9)15(23)24/h1-3,10H,4-7H2,(H,23,24)(H2,16,17,22)(H,18,20,21). The van der Waals surface area contributed by atoms with Crippen molar-refractivity contribution in [2.75, 3.05) is 16.8 Å². The first-order valence-corrected chi connectivity index (χ1v) is 7.49. The molecule has 0 aromatic heterocycles. The number of piperidine rings is 1. The molecule has 0 saturated carbocycles. The Morgan fingerprint density at radius 1 is 1.25 bits per heavy atom. The van der Waals surface area contributed by atoms with Crippen molar-refractivity contribution in [2.24, 2.45) is 0 Å². The number of amides is 5. The van der Waals surface area contributed by atoms with Crippen molar-refractivity contribution in [3.05, 3.63) is 23.8 Å². The third-order valence-electron chi connectivity index (χ3n) is 4.02. The highest BCUT2D eigenvalue weighted by atomic mass is 16.4. The fourth-order valence-electron chi connectivity index (χ4n) is 2.90. The molecule has 1 unspecified atom stereocenters. The van der Waals surface area contributed by atoms with Gasteiger partial charge in [0.05, 0.1) is 11.4 Å². The highest BCUT2D eigenvalue weighted by Gasteiger charge is 2.30. The summed E-state index contributed by atoms with van der Waals surface area (Å²) >= 11 is 0. The summed E-state index contributed by atoms with van der Waals surface area (Å²) in [7, 11) is 0. The first kappa shape index (κ1) is 15.8. The predicted octanol–water partition coefficient (Wildman–Crippen LogP) is 0.654. The number of para-hydroxylation sites is 1. The van der Waals surface area contributed by atoms with E-state index in [-0.39, 0.29) is 18.7 Å². The topological polar surface area (TPSA) is 128 Å². The van der Waals surface area contributed by atoms with Crippen molar-refractivity contribution in [1.29, 1.82) is 0 Å². The zero-order valence-electron chi connectivity index (χ0n) is 12.7. The fraction of sp³-hybridized carbons (Fsp3) is 0.333. The van der Waals surface area contributed by atoms with E-state index >= 15 is 0 Å². The van der Waals surface area contributed by atoms with Crippen LogP contribution in [0.1, 0.15) is 18.4 Å². The average molecular weight is 332 g/mol. The molecule has 0 spiro atoms. The number of rotatable bonds is 2. The van der Waals surface area contributed by atoms with E-state index in [0.29, 0.717) is 24.3 Å². The van der Waals surface area contributed by atoms with Crippen molar-refractivity contribution in [3.8, 4) is 0 Å². The molecule has 9 heteroatoms. The molecule has 2 heterocycles. The van der Waals surface area contributed by atoms with Crippen molar-refractivity contribution in [1.82, 2.24) is 10.6 Å². The van der Waals surface area contributed by atoms with Gasteiger partial charge in [0.25, 0.3) is 0 Å². The molecule has 1 aromatic carbocycles. The Bertz CT molecular complexity index is 733. The lowest BCUT2D eigenvalue weighted by Crippen LogP contribution is -2.53. The van der Waals surface area contributed by atoms with E-state index < -0.39 is 24.1 Å². The number of carbonyl (C=O) groups is 4. The van der Waals surface area contributed by atoms with E-state index in [9.17, 15) is 24.3 Å². The Kier molecular flexibility index (Phi) is 4.07. The molecule has 0 aliphatic carbocycles. The van der Waals surface area contributed by atoms with E-state index in [1.807, 2.05) is 6.07 Å². The van der Waals surface area contributed by atoms with Gasteiger partial charge < -0.3 is 15.7 Å². The second-order valence-electron chi connectivity index (χ2n) is 5.60. The third kappa shape index (κ3) is 3.00. The summed E-state index contributed by atoms with van der Waals surface area (Å²) in [5.41, 5.74) is 1.64. The molecular formula is C15H16N4O5. The van der Waals surface area contributed by atoms with Gasteiger partial charge in [0.2, 0.25) is 11.8 Å². The van der Waals surface area contributed by atoms with E-state index in [1.165, 1.54) is 4.90 Å². The minimum atomic E-state index is -1.09. The number of fused-ring (bicyclic) bond motifs is 1. The van der Waals surface area contributed by atoms with Gasteiger partial charge in [-0.2, -0.15) is 0 Å². The van der Waals surface area contributed by atoms with Crippen molar-refractivity contribution >= 4 is 35.3 Å². The van der Waals surface area contributed by atoms with Crippen LogP contribution in [0.5, 0.6) is 0 Å². The van der Waals surface area contributed by atoms with Gasteiger partial charge in [-0.25, -0.2) is 9.59 Å². The average Bonchev–Trinajstić information content (AvgIpc) is 2.95. The molecule has 0 radical (unpaired) electrons. The molecule has 9 nitrogen and oxygen atoms in total. The lowest BCUT2D eigenvalue weighted by Gasteiger charge is -2.23. The molecule has 1 aromatic rings. The number of anilines is 2. The van der Waals surface area contributed by atoms with Gasteiger partial charge in [-0.15, -0.1) is 0 Å². The summed E-state index contributed by atoms with van der Waals surface area (Å²) in [5, 5.41) is 16.5. The molecule has 24 heavy (non-hydrogen) atoms. The number of nitrogens with zero attached hydrogens (tertiary/aromatic N) is 1. The van der Waals surface area contributed by atoms with Crippen LogP contribution in [0.25, 0.3) is 0 Å². The Labute approximate surface area is 137 Å². The molecule has 0 bridgehead atoms. The van der Waals surface area contributed by atoms with Crippen LogP contribution in [0.2, 0.25) is 0 Å². The molecule has 1 fully saturated rings. The minimum absolute atomic E-state index is 0.157. The van der Waals surface area contributed by atoms with E-state index in [0.717, 1.165) is 5.56 Å². The van der Waals surface area contributed by atoms with E-state index in [1.54, 1.807) is 12.1 Å². The van der Waals surface area contributed by atoms with Crippen LogP contribution >= 0.6 is 0 Å². The molecule has 4 N–H and O–H groups in total. The Balaban J connectivity index is 1.72. The van der Waals surface area contributed by atoms with Gasteiger partial charge in [-0.05, 0) is 24.5 Å². The van der Waals surface area contributed by atoms with Crippen LogP contribution in [0.3, 0.4) is 0 Å². The predicted molar refractivity (Wildman–Crippen MR) is 83.8 cm³/mol. The van der Waals surface area contributed by atoms with Crippen molar-refractivity contribution < 1.29 is 24.3 Å². The summed E-state index contributed by atoms with van der Waals surface area (Å²) in [4.78, 5) is 47.4. The number of urea groups is 1. The van der Waals surface area contributed by atoms with Crippen molar-refractivity contribution in [2.45, 2.75) is 25.3 Å². The molecule has 3 rings (SSSR count). The lowest BCUT2D eigenvalue weighted by molar-refractivity contribution is -0.134. The van der Waals surface area contributed by atoms with Crippen LogP contribution < -0.4 is 20.9 Å². The zero-order chi connectivity index (χ0) is 17.3. The van der Waals surface area contributed by atoms with Gasteiger partial charge >= 0.3 is 12.1 Å². The first-order chi connectivity index (χ1) is 11.5. The third-order valence-corrected chi connectivity index (χ3v) is 4.02. The number of carboxylic acid groups (broad SMARTS) is 1. The SMILES string of the molecule is O=C1CCC(NC(=O)Nc2cccc3c2N(C(=O)O)CC3)C(=O)N1. The van der Waals surface area contributed by atoms with E-state index in [2.05, 4.69) is 16.0 Å². The smallest absolute Gasteiger partial charge is 0.411 e. The summed E-state index contributed by atoms with van der Waals surface area (Å²) in [5.74, 6) is -0.914. The van der Waals surface area contributed by atoms with Crippen LogP contribution in [0.15, 0.2) is 18.2 Å². The molecule has 2 aliphatic rings. The molecule has 1 saturated heterocycles. The fourth-order valence-corrected chi connectivity index (χ4v) is 2.90. The molecule has 5 amide bonds. The summed E-state index contributed by atoms with van der Waals surface area (Å²) < 4.78 is 0. The zero-order valence-corrected chi connectivity index (χ0v) is 12.7. The maximum absolute atomic E-state index is 12.1. The van der Waals surface area contributed by atoms with Crippen LogP contribution in [-0.4, -0.2) is 41.6 Å². The number of benzene rings is 1. The monoisotopic (exact) mass is 332 g/mol. The van der Waals surface area contributed by atoms with Crippen LogP contribution in [-0.2, 0) is 16.0 Å². The summed E-state index contributed by atoms with van der Waals surface area (Å²) in [6.45, 7) is 0.331. The minimum Gasteiger partial charge on any atom is -0.465 e. The lowest BCUT2D eigenvalue weighted by atomic mass is 10.1. The normalized spacial score (nSPS) is 19.5. The quantitative estimate of drug-likeness (QED) is 0.591. The molecule has 1 atom stereocenters. The number of carbonyl (C=O) groups excluding carboxylic acids is 3. The summed E-state index contributed by atoms with van der Waals surface area (Å²) in [6, 6.07) is 3.71. The summed E-state index contributed by atoms with van der Waals surface area (Å²) in [6.07, 6.45) is -0.129. The van der Waals surface area contributed by atoms with Crippen molar-refractivity contribution in [3.63, 3.8) is 0 Å². The largest absolute Gasteiger partial charge is 0.465 e. The van der Waals surface area contributed by atoms with Gasteiger partial charge in [0, 0.05) is 13.0 Å². The van der Waals surface area contributed by atoms with E-state index in [4.69, 9.17) is 0 Å². The number of nitrogens with one attached hydrogen (secondary N) is 3. The van der Waals surface area contributed by atoms with Gasteiger partial charge in [-0.3, -0.25) is 19.8 Å². The highest BCUT2D eigenvalue weighted by Crippen LogP contribution is 2.35. The highest BCUT2D eigenvalue weighted by molar-refractivity contribution is 6.04. The Morgan fingerprint density at radius 2 is 2.04 bits per heavy atom. The maximum Gasteiger partial charge on any atom is 0.411 e. The second-order valence-corrected chi connectivity index (χ2v) is 5.60. The van der Waals surface area contributed by atoms with Gasteiger partial charge in [0.1, 0.15) is 6.04 Å². The number of imide groups is 1.